The predicted molar refractivity (Wildman–Crippen MR) is 99.3 cm³/mol. The van der Waals surface area contributed by atoms with Gasteiger partial charge >= 0.3 is 6.18 Å². The lowest BCUT2D eigenvalue weighted by Gasteiger charge is -2.34. The number of piperazine rings is 1. The van der Waals surface area contributed by atoms with Gasteiger partial charge in [0, 0.05) is 18.8 Å². The fourth-order valence-electron chi connectivity index (χ4n) is 3.18. The number of para-hydroxylation sites is 1. The largest absolute Gasteiger partial charge is 0.443 e. The van der Waals surface area contributed by atoms with Crippen LogP contribution in [0.15, 0.2) is 42.5 Å². The Morgan fingerprint density at radius 1 is 1.10 bits per heavy atom. The topological polar surface area (TPSA) is 53.5 Å². The van der Waals surface area contributed by atoms with E-state index in [1.807, 2.05) is 0 Å². The van der Waals surface area contributed by atoms with Gasteiger partial charge in [-0.2, -0.15) is 13.2 Å². The van der Waals surface area contributed by atoms with Gasteiger partial charge in [-0.15, -0.1) is 11.3 Å². The zero-order chi connectivity index (χ0) is 20.8. The SMILES string of the molecule is O=C(c1cccc2sc(C(F)(F)F)nc12)N1CCN(c2cccc(F)c2)C(=O)C1. The number of thiazole rings is 1. The molecule has 0 N–H and O–H groups in total. The summed E-state index contributed by atoms with van der Waals surface area (Å²) in [5.41, 5.74) is 0.370. The first-order valence-electron chi connectivity index (χ1n) is 8.56. The van der Waals surface area contributed by atoms with Crippen molar-refractivity contribution in [1.29, 1.82) is 0 Å². The average molecular weight is 423 g/mol. The molecule has 1 aliphatic heterocycles. The fraction of sp³-hybridized carbons (Fsp3) is 0.211. The number of alkyl halides is 3. The Kier molecular flexibility index (Phi) is 4.73. The van der Waals surface area contributed by atoms with Gasteiger partial charge in [-0.1, -0.05) is 12.1 Å². The van der Waals surface area contributed by atoms with Crippen LogP contribution in [0.4, 0.5) is 23.2 Å². The van der Waals surface area contributed by atoms with Gasteiger partial charge in [-0.05, 0) is 30.3 Å². The number of carbonyl (C=O) groups is 2. The van der Waals surface area contributed by atoms with Crippen LogP contribution in [0.5, 0.6) is 0 Å². The van der Waals surface area contributed by atoms with E-state index in [-0.39, 0.29) is 35.4 Å². The molecule has 4 rings (SSSR count). The highest BCUT2D eigenvalue weighted by Gasteiger charge is 2.36. The van der Waals surface area contributed by atoms with Gasteiger partial charge in [0.05, 0.1) is 15.8 Å². The molecule has 29 heavy (non-hydrogen) atoms. The van der Waals surface area contributed by atoms with E-state index in [1.165, 1.54) is 46.2 Å². The maximum atomic E-state index is 13.4. The molecule has 1 aliphatic rings. The molecule has 1 fully saturated rings. The quantitative estimate of drug-likeness (QED) is 0.587. The standard InChI is InChI=1S/C19H13F4N3O2S/c20-11-3-1-4-12(9-11)26-8-7-25(10-15(26)27)17(28)13-5-2-6-14-16(13)24-18(29-14)19(21,22)23/h1-6,9H,7-8,10H2. The van der Waals surface area contributed by atoms with E-state index in [4.69, 9.17) is 0 Å². The van der Waals surface area contributed by atoms with Crippen molar-refractivity contribution in [3.05, 3.63) is 58.9 Å². The third-order valence-electron chi connectivity index (χ3n) is 4.52. The van der Waals surface area contributed by atoms with Crippen LogP contribution in [0.1, 0.15) is 15.4 Å². The Bertz CT molecular complexity index is 1110. The van der Waals surface area contributed by atoms with Gasteiger partial charge in [0.1, 0.15) is 12.4 Å². The third kappa shape index (κ3) is 3.67. The van der Waals surface area contributed by atoms with Crippen molar-refractivity contribution in [1.82, 2.24) is 9.88 Å². The number of anilines is 1. The molecule has 1 aromatic heterocycles. The number of amides is 2. The summed E-state index contributed by atoms with van der Waals surface area (Å²) in [5, 5.41) is -1.03. The van der Waals surface area contributed by atoms with Crippen LogP contribution < -0.4 is 4.90 Å². The first-order chi connectivity index (χ1) is 13.7. The Morgan fingerprint density at radius 3 is 2.55 bits per heavy atom. The van der Waals surface area contributed by atoms with Gasteiger partial charge < -0.3 is 9.80 Å². The molecule has 10 heteroatoms. The smallest absolute Gasteiger partial charge is 0.327 e. The van der Waals surface area contributed by atoms with Crippen LogP contribution in [0.3, 0.4) is 0 Å². The lowest BCUT2D eigenvalue weighted by atomic mass is 10.1. The summed E-state index contributed by atoms with van der Waals surface area (Å²) < 4.78 is 52.6. The molecule has 0 saturated carbocycles. The van der Waals surface area contributed by atoms with E-state index in [0.717, 1.165) is 0 Å². The molecule has 150 valence electrons. The van der Waals surface area contributed by atoms with Crippen molar-refractivity contribution in [3.8, 4) is 0 Å². The zero-order valence-electron chi connectivity index (χ0n) is 14.7. The highest BCUT2D eigenvalue weighted by Crippen LogP contribution is 2.36. The van der Waals surface area contributed by atoms with E-state index >= 15 is 0 Å². The van der Waals surface area contributed by atoms with Crippen LogP contribution in [0.2, 0.25) is 0 Å². The molecule has 0 radical (unpaired) electrons. The van der Waals surface area contributed by atoms with E-state index < -0.39 is 28.8 Å². The van der Waals surface area contributed by atoms with Crippen LogP contribution >= 0.6 is 11.3 Å². The van der Waals surface area contributed by atoms with E-state index in [2.05, 4.69) is 4.98 Å². The number of hydrogen-bond donors (Lipinski definition) is 0. The summed E-state index contributed by atoms with van der Waals surface area (Å²) in [6.07, 6.45) is -4.60. The molecule has 2 heterocycles. The molecule has 0 aliphatic carbocycles. The molecule has 0 spiro atoms. The Labute approximate surface area is 166 Å². The summed E-state index contributed by atoms with van der Waals surface area (Å²) in [6, 6.07) is 9.91. The number of rotatable bonds is 2. The van der Waals surface area contributed by atoms with E-state index in [1.54, 1.807) is 6.07 Å². The van der Waals surface area contributed by atoms with E-state index in [9.17, 15) is 27.2 Å². The summed E-state index contributed by atoms with van der Waals surface area (Å²) >= 11 is 0.464. The molecule has 0 atom stereocenters. The number of nitrogens with zero attached hydrogens (tertiary/aromatic N) is 3. The van der Waals surface area contributed by atoms with Gasteiger partial charge in [0.15, 0.2) is 5.01 Å². The van der Waals surface area contributed by atoms with Gasteiger partial charge in [-0.3, -0.25) is 9.59 Å². The Balaban J connectivity index is 1.58. The van der Waals surface area contributed by atoms with Crippen molar-refractivity contribution in [3.63, 3.8) is 0 Å². The number of hydrogen-bond acceptors (Lipinski definition) is 4. The minimum absolute atomic E-state index is 0.0151. The molecule has 1 saturated heterocycles. The van der Waals surface area contributed by atoms with E-state index in [0.29, 0.717) is 17.0 Å². The van der Waals surface area contributed by atoms with Crippen molar-refractivity contribution in [2.24, 2.45) is 0 Å². The van der Waals surface area contributed by atoms with Crippen molar-refractivity contribution in [2.45, 2.75) is 6.18 Å². The molecule has 3 aromatic rings. The Morgan fingerprint density at radius 2 is 1.86 bits per heavy atom. The number of carbonyl (C=O) groups excluding carboxylic acids is 2. The van der Waals surface area contributed by atoms with Crippen LogP contribution in [-0.4, -0.2) is 41.3 Å². The number of aromatic nitrogens is 1. The van der Waals surface area contributed by atoms with Crippen molar-refractivity contribution >= 4 is 39.1 Å². The molecule has 2 amide bonds. The van der Waals surface area contributed by atoms with Gasteiger partial charge in [0.2, 0.25) is 5.91 Å². The van der Waals surface area contributed by atoms with Crippen LogP contribution in [-0.2, 0) is 11.0 Å². The molecule has 0 bridgehead atoms. The minimum Gasteiger partial charge on any atom is -0.327 e. The Hall–Kier alpha value is -3.01. The highest BCUT2D eigenvalue weighted by molar-refractivity contribution is 7.18. The fourth-order valence-corrected chi connectivity index (χ4v) is 4.04. The van der Waals surface area contributed by atoms with Gasteiger partial charge in [0.25, 0.3) is 5.91 Å². The second-order valence-electron chi connectivity index (χ2n) is 6.42. The lowest BCUT2D eigenvalue weighted by Crippen LogP contribution is -2.52. The summed E-state index contributed by atoms with van der Waals surface area (Å²) in [6.45, 7) is 0.0462. The van der Waals surface area contributed by atoms with Crippen LogP contribution in [0, 0.1) is 5.82 Å². The summed E-state index contributed by atoms with van der Waals surface area (Å²) in [7, 11) is 0. The third-order valence-corrected chi connectivity index (χ3v) is 5.59. The van der Waals surface area contributed by atoms with Crippen LogP contribution in [0.25, 0.3) is 10.2 Å². The maximum absolute atomic E-state index is 13.4. The molecule has 0 unspecified atom stereocenters. The normalized spacial score (nSPS) is 15.2. The van der Waals surface area contributed by atoms with Crippen molar-refractivity contribution < 1.29 is 27.2 Å². The summed E-state index contributed by atoms with van der Waals surface area (Å²) in [5.74, 6) is -1.46. The van der Waals surface area contributed by atoms with Gasteiger partial charge in [-0.25, -0.2) is 9.37 Å². The minimum atomic E-state index is -4.60. The monoisotopic (exact) mass is 423 g/mol. The lowest BCUT2D eigenvalue weighted by molar-refractivity contribution is -0.137. The average Bonchev–Trinajstić information content (AvgIpc) is 3.12. The second-order valence-corrected chi connectivity index (χ2v) is 7.45. The maximum Gasteiger partial charge on any atom is 0.443 e. The highest BCUT2D eigenvalue weighted by atomic mass is 32.1. The molecular weight excluding hydrogens is 410 g/mol. The number of halogens is 4. The first-order valence-corrected chi connectivity index (χ1v) is 9.37. The molecular formula is C19H13F4N3O2S. The van der Waals surface area contributed by atoms with Crippen molar-refractivity contribution in [2.75, 3.05) is 24.5 Å². The second kappa shape index (κ2) is 7.11. The zero-order valence-corrected chi connectivity index (χ0v) is 15.6. The first kappa shape index (κ1) is 19.3. The predicted octanol–water partition coefficient (Wildman–Crippen LogP) is 3.94. The number of fused-ring (bicyclic) bond motifs is 1. The number of benzene rings is 2. The summed E-state index contributed by atoms with van der Waals surface area (Å²) in [4.78, 5) is 31.6. The molecule has 2 aromatic carbocycles. The molecule has 5 nitrogen and oxygen atoms in total.